The molecular weight excluding hydrogens is 377 g/mol. The molecule has 1 aliphatic heterocycles. The van der Waals surface area contributed by atoms with Crippen LogP contribution in [0.4, 0.5) is 4.39 Å². The highest BCUT2D eigenvalue weighted by Crippen LogP contribution is 2.56. The molecule has 2 amide bonds. The molecule has 3 aliphatic rings. The molecule has 0 radical (unpaired) electrons. The number of amides is 2. The van der Waals surface area contributed by atoms with Crippen LogP contribution < -0.4 is 0 Å². The van der Waals surface area contributed by atoms with Gasteiger partial charge in [-0.05, 0) is 61.3 Å². The molecule has 4 rings (SSSR count). The SMILES string of the molecule is CC(C)[C@@H](C(=O)OCC(=O)c1ccc(F)cc1)N1C(=O)[C@@H]2[C@@H]3CC[C@H](C3)[C@@H]2C1=O. The summed E-state index contributed by atoms with van der Waals surface area (Å²) in [7, 11) is 0. The van der Waals surface area contributed by atoms with Crippen LogP contribution in [0.3, 0.4) is 0 Å². The minimum absolute atomic E-state index is 0.222. The van der Waals surface area contributed by atoms with E-state index in [2.05, 4.69) is 0 Å². The molecule has 1 aromatic rings. The van der Waals surface area contributed by atoms with Gasteiger partial charge in [0.2, 0.25) is 11.8 Å². The van der Waals surface area contributed by atoms with Crippen LogP contribution >= 0.6 is 0 Å². The molecule has 29 heavy (non-hydrogen) atoms. The maximum atomic E-state index is 13.0. The number of ether oxygens (including phenoxy) is 1. The second-order valence-electron chi connectivity index (χ2n) is 8.66. The van der Waals surface area contributed by atoms with E-state index in [9.17, 15) is 23.6 Å². The Labute approximate surface area is 168 Å². The number of hydrogen-bond donors (Lipinski definition) is 0. The summed E-state index contributed by atoms with van der Waals surface area (Å²) in [6.07, 6.45) is 2.84. The number of carbonyl (C=O) groups is 4. The van der Waals surface area contributed by atoms with Crippen LogP contribution in [-0.2, 0) is 19.1 Å². The van der Waals surface area contributed by atoms with Crippen molar-refractivity contribution in [2.75, 3.05) is 6.61 Å². The van der Waals surface area contributed by atoms with E-state index < -0.39 is 30.2 Å². The number of Topliss-reactive ketones (excluding diaryl/α,β-unsaturated/α-hetero) is 1. The van der Waals surface area contributed by atoms with Gasteiger partial charge in [0.15, 0.2) is 12.4 Å². The van der Waals surface area contributed by atoms with Crippen molar-refractivity contribution in [2.24, 2.45) is 29.6 Å². The van der Waals surface area contributed by atoms with Crippen molar-refractivity contribution >= 4 is 23.6 Å². The number of halogens is 1. The van der Waals surface area contributed by atoms with Gasteiger partial charge in [0, 0.05) is 5.56 Å². The second-order valence-corrected chi connectivity index (χ2v) is 8.66. The van der Waals surface area contributed by atoms with Gasteiger partial charge >= 0.3 is 5.97 Å². The normalized spacial score (nSPS) is 28.8. The van der Waals surface area contributed by atoms with Crippen LogP contribution in [0.5, 0.6) is 0 Å². The van der Waals surface area contributed by atoms with Gasteiger partial charge < -0.3 is 4.74 Å². The Morgan fingerprint density at radius 2 is 1.62 bits per heavy atom. The maximum absolute atomic E-state index is 13.0. The predicted molar refractivity (Wildman–Crippen MR) is 100.0 cm³/mol. The number of ketones is 1. The molecule has 2 saturated carbocycles. The average molecular weight is 401 g/mol. The van der Waals surface area contributed by atoms with Crippen molar-refractivity contribution in [1.82, 2.24) is 4.90 Å². The van der Waals surface area contributed by atoms with E-state index in [0.29, 0.717) is 0 Å². The Kier molecular flexibility index (Phi) is 5.00. The summed E-state index contributed by atoms with van der Waals surface area (Å²) in [6, 6.07) is 3.90. The molecule has 0 aromatic heterocycles. The van der Waals surface area contributed by atoms with E-state index in [1.54, 1.807) is 13.8 Å². The molecular formula is C22H24FNO5. The molecule has 0 unspecified atom stereocenters. The van der Waals surface area contributed by atoms with E-state index in [4.69, 9.17) is 4.74 Å². The van der Waals surface area contributed by atoms with Gasteiger partial charge in [-0.2, -0.15) is 0 Å². The number of hydrogen-bond acceptors (Lipinski definition) is 5. The van der Waals surface area contributed by atoms with Crippen molar-refractivity contribution < 1.29 is 28.3 Å². The highest BCUT2D eigenvalue weighted by atomic mass is 19.1. The Hall–Kier alpha value is -2.57. The number of imide groups is 1. The van der Waals surface area contributed by atoms with E-state index >= 15 is 0 Å². The zero-order chi connectivity index (χ0) is 20.9. The number of nitrogens with zero attached hydrogens (tertiary/aromatic N) is 1. The molecule has 6 nitrogen and oxygen atoms in total. The van der Waals surface area contributed by atoms with Gasteiger partial charge in [-0.25, -0.2) is 9.18 Å². The molecule has 0 N–H and O–H groups in total. The van der Waals surface area contributed by atoms with Crippen LogP contribution in [0.1, 0.15) is 43.5 Å². The van der Waals surface area contributed by atoms with E-state index in [1.807, 2.05) is 0 Å². The fourth-order valence-electron chi connectivity index (χ4n) is 5.32. The van der Waals surface area contributed by atoms with Crippen molar-refractivity contribution in [3.05, 3.63) is 35.6 Å². The maximum Gasteiger partial charge on any atom is 0.330 e. The number of carbonyl (C=O) groups excluding carboxylic acids is 4. The average Bonchev–Trinajstić information content (AvgIpc) is 3.36. The summed E-state index contributed by atoms with van der Waals surface area (Å²) >= 11 is 0. The van der Waals surface area contributed by atoms with Gasteiger partial charge in [-0.3, -0.25) is 19.3 Å². The second kappa shape index (κ2) is 7.35. The lowest BCUT2D eigenvalue weighted by atomic mass is 9.81. The fourth-order valence-corrected chi connectivity index (χ4v) is 5.32. The van der Waals surface area contributed by atoms with Crippen molar-refractivity contribution in [3.8, 4) is 0 Å². The lowest BCUT2D eigenvalue weighted by Crippen LogP contribution is -2.50. The highest BCUT2D eigenvalue weighted by Gasteiger charge is 2.62. The monoisotopic (exact) mass is 401 g/mol. The number of rotatable bonds is 6. The number of benzene rings is 1. The largest absolute Gasteiger partial charge is 0.456 e. The number of fused-ring (bicyclic) bond motifs is 5. The number of esters is 1. The lowest BCUT2D eigenvalue weighted by molar-refractivity contribution is -0.160. The first-order chi connectivity index (χ1) is 13.8. The summed E-state index contributed by atoms with van der Waals surface area (Å²) in [5, 5.41) is 0. The van der Waals surface area contributed by atoms with E-state index in [-0.39, 0.29) is 47.0 Å². The number of likely N-dealkylation sites (tertiary alicyclic amines) is 1. The van der Waals surface area contributed by atoms with Crippen LogP contribution in [0.15, 0.2) is 24.3 Å². The summed E-state index contributed by atoms with van der Waals surface area (Å²) < 4.78 is 18.2. The molecule has 154 valence electrons. The van der Waals surface area contributed by atoms with Gasteiger partial charge in [0.05, 0.1) is 11.8 Å². The first-order valence-corrected chi connectivity index (χ1v) is 10.1. The van der Waals surface area contributed by atoms with Gasteiger partial charge in [-0.1, -0.05) is 13.8 Å². The Balaban J connectivity index is 1.47. The summed E-state index contributed by atoms with van der Waals surface area (Å²) in [4.78, 5) is 52.1. The Morgan fingerprint density at radius 3 is 2.14 bits per heavy atom. The molecule has 2 aliphatic carbocycles. The quantitative estimate of drug-likeness (QED) is 0.416. The smallest absolute Gasteiger partial charge is 0.330 e. The summed E-state index contributed by atoms with van der Waals surface area (Å²) in [6.45, 7) is 2.97. The molecule has 2 bridgehead atoms. The summed E-state index contributed by atoms with van der Waals surface area (Å²) in [5.41, 5.74) is 0.222. The minimum atomic E-state index is -1.04. The first-order valence-electron chi connectivity index (χ1n) is 10.1. The first kappa shape index (κ1) is 19.7. The molecule has 3 fully saturated rings. The van der Waals surface area contributed by atoms with Crippen LogP contribution in [0, 0.1) is 35.4 Å². The molecule has 0 spiro atoms. The van der Waals surface area contributed by atoms with Gasteiger partial charge in [-0.15, -0.1) is 0 Å². The third kappa shape index (κ3) is 3.26. The molecule has 7 heteroatoms. The molecule has 1 aromatic carbocycles. The van der Waals surface area contributed by atoms with Crippen LogP contribution in [0.2, 0.25) is 0 Å². The third-order valence-electron chi connectivity index (χ3n) is 6.62. The summed E-state index contributed by atoms with van der Waals surface area (Å²) in [5.74, 6) is -2.74. The van der Waals surface area contributed by atoms with Crippen LogP contribution in [-0.4, -0.2) is 41.1 Å². The minimum Gasteiger partial charge on any atom is -0.456 e. The van der Waals surface area contributed by atoms with Gasteiger partial charge in [0.25, 0.3) is 0 Å². The molecule has 1 heterocycles. The zero-order valence-corrected chi connectivity index (χ0v) is 16.5. The van der Waals surface area contributed by atoms with Gasteiger partial charge in [0.1, 0.15) is 11.9 Å². The van der Waals surface area contributed by atoms with Crippen LogP contribution in [0.25, 0.3) is 0 Å². The Bertz CT molecular complexity index is 836. The Morgan fingerprint density at radius 1 is 1.07 bits per heavy atom. The standard InChI is InChI=1S/C22H24FNO5/c1-11(2)19(22(28)29-10-16(25)12-5-7-15(23)8-6-12)24-20(26)17-13-3-4-14(9-13)18(17)21(24)27/h5-8,11,13-14,17-19H,3-4,9-10H2,1-2H3/t13-,14-,17-,18+,19+/m1/s1. The fraction of sp³-hybridized carbons (Fsp3) is 0.545. The lowest BCUT2D eigenvalue weighted by Gasteiger charge is -2.28. The topological polar surface area (TPSA) is 80.8 Å². The van der Waals surface area contributed by atoms with Crippen molar-refractivity contribution in [2.45, 2.75) is 39.2 Å². The zero-order valence-electron chi connectivity index (χ0n) is 16.5. The predicted octanol–water partition coefficient (Wildman–Crippen LogP) is 2.61. The molecule has 5 atom stereocenters. The highest BCUT2D eigenvalue weighted by molar-refractivity contribution is 6.09. The van der Waals surface area contributed by atoms with Crippen molar-refractivity contribution in [3.63, 3.8) is 0 Å². The molecule has 1 saturated heterocycles. The van der Waals surface area contributed by atoms with Crippen molar-refractivity contribution in [1.29, 1.82) is 0 Å². The van der Waals surface area contributed by atoms with E-state index in [0.717, 1.165) is 36.3 Å². The third-order valence-corrected chi connectivity index (χ3v) is 6.62. The van der Waals surface area contributed by atoms with E-state index in [1.165, 1.54) is 12.1 Å².